The Labute approximate surface area is 154 Å². The number of aliphatic imine (C=N–C) groups is 1. The molecule has 2 aliphatic carbocycles. The van der Waals surface area contributed by atoms with Crippen LogP contribution in [0.2, 0.25) is 0 Å². The van der Waals surface area contributed by atoms with Gasteiger partial charge in [0.05, 0.1) is 11.3 Å². The normalized spacial score (nSPS) is 23.7. The first-order chi connectivity index (χ1) is 12.1. The number of nitrogens with one attached hydrogen (secondary N) is 1. The van der Waals surface area contributed by atoms with Crippen molar-refractivity contribution in [1.82, 2.24) is 5.32 Å². The molecule has 0 saturated carbocycles. The summed E-state index contributed by atoms with van der Waals surface area (Å²) in [6, 6.07) is 7.22. The van der Waals surface area contributed by atoms with Crippen LogP contribution in [0.1, 0.15) is 36.0 Å². The lowest BCUT2D eigenvalue weighted by molar-refractivity contribution is -0.117. The summed E-state index contributed by atoms with van der Waals surface area (Å²) >= 11 is 3.38. The highest BCUT2D eigenvalue weighted by molar-refractivity contribution is 9.10. The molecule has 1 aliphatic heterocycles. The van der Waals surface area contributed by atoms with Crippen molar-refractivity contribution in [2.75, 3.05) is 0 Å². The lowest BCUT2D eigenvalue weighted by Crippen LogP contribution is -2.37. The van der Waals surface area contributed by atoms with Crippen molar-refractivity contribution in [3.8, 4) is 0 Å². The summed E-state index contributed by atoms with van der Waals surface area (Å²) in [4.78, 5) is 28.9. The van der Waals surface area contributed by atoms with E-state index in [-0.39, 0.29) is 17.7 Å². The Morgan fingerprint density at radius 2 is 2.00 bits per heavy atom. The lowest BCUT2D eigenvalue weighted by atomic mass is 9.77. The van der Waals surface area contributed by atoms with E-state index in [4.69, 9.17) is 0 Å². The lowest BCUT2D eigenvalue weighted by Gasteiger charge is -2.33. The van der Waals surface area contributed by atoms with Crippen LogP contribution in [0, 0.1) is 5.92 Å². The smallest absolute Gasteiger partial charge is 0.278 e. The van der Waals surface area contributed by atoms with Crippen LogP contribution < -0.4 is 5.32 Å². The third-order valence-electron chi connectivity index (χ3n) is 4.85. The van der Waals surface area contributed by atoms with Gasteiger partial charge in [-0.1, -0.05) is 18.2 Å². The Kier molecular flexibility index (Phi) is 4.25. The molecule has 0 saturated heterocycles. The number of carbonyl (C=O) groups is 2. The number of benzene rings is 1. The van der Waals surface area contributed by atoms with Crippen molar-refractivity contribution in [1.29, 1.82) is 0 Å². The van der Waals surface area contributed by atoms with E-state index in [1.807, 2.05) is 36.4 Å². The summed E-state index contributed by atoms with van der Waals surface area (Å²) in [6.45, 7) is 0. The highest BCUT2D eigenvalue weighted by Crippen LogP contribution is 2.38. The van der Waals surface area contributed by atoms with Crippen molar-refractivity contribution in [2.45, 2.75) is 25.7 Å². The summed E-state index contributed by atoms with van der Waals surface area (Å²) in [5.41, 5.74) is 4.09. The molecule has 2 amide bonds. The molecule has 3 aliphatic rings. The number of halogens is 1. The second-order valence-corrected chi connectivity index (χ2v) is 7.28. The van der Waals surface area contributed by atoms with Gasteiger partial charge in [-0.25, -0.2) is 4.99 Å². The summed E-state index contributed by atoms with van der Waals surface area (Å²) in [6.07, 6.45) is 9.77. The molecule has 1 aromatic carbocycles. The maximum Gasteiger partial charge on any atom is 0.278 e. The van der Waals surface area contributed by atoms with E-state index >= 15 is 0 Å². The molecule has 0 spiro atoms. The molecular formula is C20H17BrN2O2. The van der Waals surface area contributed by atoms with Crippen molar-refractivity contribution in [3.05, 3.63) is 69.4 Å². The molecule has 0 radical (unpaired) electrons. The molecule has 1 atom stereocenters. The monoisotopic (exact) mass is 396 g/mol. The number of hydrogen-bond donors (Lipinski definition) is 1. The summed E-state index contributed by atoms with van der Waals surface area (Å²) in [5.74, 6) is -0.184. The minimum atomic E-state index is -0.304. The SMILES string of the molecule is O=C1NC2=CC(=NC(=O)c3ccccc3Br)C=CC2C2=C1CCCC2. The van der Waals surface area contributed by atoms with Gasteiger partial charge in [-0.2, -0.15) is 0 Å². The molecule has 25 heavy (non-hydrogen) atoms. The first kappa shape index (κ1) is 16.2. The number of rotatable bonds is 1. The van der Waals surface area contributed by atoms with E-state index in [2.05, 4.69) is 26.2 Å². The molecule has 126 valence electrons. The zero-order chi connectivity index (χ0) is 17.4. The van der Waals surface area contributed by atoms with Gasteiger partial charge in [0, 0.05) is 21.7 Å². The predicted molar refractivity (Wildman–Crippen MR) is 100 cm³/mol. The van der Waals surface area contributed by atoms with Crippen LogP contribution in [-0.4, -0.2) is 17.5 Å². The fraction of sp³-hybridized carbons (Fsp3) is 0.250. The van der Waals surface area contributed by atoms with Crippen molar-refractivity contribution in [2.24, 2.45) is 10.9 Å². The zero-order valence-corrected chi connectivity index (χ0v) is 15.2. The van der Waals surface area contributed by atoms with Crippen LogP contribution in [0.5, 0.6) is 0 Å². The van der Waals surface area contributed by atoms with Crippen LogP contribution >= 0.6 is 15.9 Å². The van der Waals surface area contributed by atoms with Crippen LogP contribution in [0.25, 0.3) is 0 Å². The molecule has 4 rings (SSSR count). The van der Waals surface area contributed by atoms with Crippen LogP contribution in [0.15, 0.2) is 68.8 Å². The molecular weight excluding hydrogens is 380 g/mol. The number of carbonyl (C=O) groups excluding carboxylic acids is 2. The standard InChI is InChI=1S/C20H17BrN2O2/c21-17-8-4-3-7-16(17)20(25)22-12-9-10-14-13-5-1-2-6-15(13)19(24)23-18(14)11-12/h3-4,7-11,14H,1-2,5-6H2,(H,23,24). The quantitative estimate of drug-likeness (QED) is 0.776. The molecule has 0 bridgehead atoms. The third kappa shape index (κ3) is 3.04. The van der Waals surface area contributed by atoms with Crippen molar-refractivity contribution >= 4 is 33.5 Å². The Morgan fingerprint density at radius 1 is 1.20 bits per heavy atom. The molecule has 1 aromatic rings. The van der Waals surface area contributed by atoms with Gasteiger partial charge in [-0.3, -0.25) is 9.59 Å². The topological polar surface area (TPSA) is 58.5 Å². The van der Waals surface area contributed by atoms with E-state index in [0.29, 0.717) is 11.3 Å². The average molecular weight is 397 g/mol. The number of hydrogen-bond acceptors (Lipinski definition) is 2. The van der Waals surface area contributed by atoms with Gasteiger partial charge < -0.3 is 5.32 Å². The van der Waals surface area contributed by atoms with Crippen LogP contribution in [-0.2, 0) is 4.79 Å². The molecule has 0 aromatic heterocycles. The number of amides is 2. The van der Waals surface area contributed by atoms with Gasteiger partial charge in [0.1, 0.15) is 0 Å². The Morgan fingerprint density at radius 3 is 2.84 bits per heavy atom. The first-order valence-corrected chi connectivity index (χ1v) is 9.23. The van der Waals surface area contributed by atoms with E-state index in [9.17, 15) is 9.59 Å². The Bertz CT molecular complexity index is 893. The summed E-state index contributed by atoms with van der Waals surface area (Å²) in [5, 5.41) is 2.98. The maximum absolute atomic E-state index is 12.4. The first-order valence-electron chi connectivity index (χ1n) is 8.44. The van der Waals surface area contributed by atoms with Crippen LogP contribution in [0.4, 0.5) is 0 Å². The Hall–Kier alpha value is -2.27. The van der Waals surface area contributed by atoms with Crippen molar-refractivity contribution < 1.29 is 9.59 Å². The highest BCUT2D eigenvalue weighted by Gasteiger charge is 2.33. The second kappa shape index (κ2) is 6.56. The van der Waals surface area contributed by atoms with Gasteiger partial charge in [0.25, 0.3) is 11.8 Å². The highest BCUT2D eigenvalue weighted by atomic mass is 79.9. The summed E-state index contributed by atoms with van der Waals surface area (Å²) < 4.78 is 0.720. The molecule has 5 heteroatoms. The van der Waals surface area contributed by atoms with Gasteiger partial charge in [0.2, 0.25) is 0 Å². The van der Waals surface area contributed by atoms with Crippen LogP contribution in [0.3, 0.4) is 0 Å². The second-order valence-electron chi connectivity index (χ2n) is 6.42. The van der Waals surface area contributed by atoms with E-state index in [0.717, 1.165) is 41.4 Å². The van der Waals surface area contributed by atoms with Crippen molar-refractivity contribution in [3.63, 3.8) is 0 Å². The molecule has 0 fully saturated rings. The van der Waals surface area contributed by atoms with Gasteiger partial charge in [0.15, 0.2) is 0 Å². The van der Waals surface area contributed by atoms with E-state index in [1.54, 1.807) is 6.07 Å². The number of allylic oxidation sites excluding steroid dienone is 3. The number of nitrogens with zero attached hydrogens (tertiary/aromatic N) is 1. The van der Waals surface area contributed by atoms with Gasteiger partial charge in [-0.05, 0) is 71.5 Å². The number of fused-ring (bicyclic) bond motifs is 2. The molecule has 1 N–H and O–H groups in total. The minimum absolute atomic E-state index is 0.00369. The molecule has 1 unspecified atom stereocenters. The molecule has 1 heterocycles. The van der Waals surface area contributed by atoms with E-state index in [1.165, 1.54) is 5.57 Å². The summed E-state index contributed by atoms with van der Waals surface area (Å²) in [7, 11) is 0. The van der Waals surface area contributed by atoms with Gasteiger partial charge in [-0.15, -0.1) is 0 Å². The maximum atomic E-state index is 12.4. The van der Waals surface area contributed by atoms with Gasteiger partial charge >= 0.3 is 0 Å². The fourth-order valence-corrected chi connectivity index (χ4v) is 4.09. The average Bonchev–Trinajstić information content (AvgIpc) is 2.62. The van der Waals surface area contributed by atoms with E-state index < -0.39 is 0 Å². The Balaban J connectivity index is 1.64. The predicted octanol–water partition coefficient (Wildman–Crippen LogP) is 4.10. The largest absolute Gasteiger partial charge is 0.325 e. The zero-order valence-electron chi connectivity index (χ0n) is 13.6. The fourth-order valence-electron chi connectivity index (χ4n) is 3.63. The third-order valence-corrected chi connectivity index (χ3v) is 5.54. The molecule has 4 nitrogen and oxygen atoms in total. The minimum Gasteiger partial charge on any atom is -0.325 e.